The fourth-order valence-electron chi connectivity index (χ4n) is 5.24. The first kappa shape index (κ1) is 30.8. The molecule has 8 nitrogen and oxygen atoms in total. The lowest BCUT2D eigenvalue weighted by molar-refractivity contribution is 0.0284. The molecule has 41 heavy (non-hydrogen) atoms. The van der Waals surface area contributed by atoms with Crippen molar-refractivity contribution >= 4 is 35.2 Å². The molecule has 10 heteroatoms. The maximum atomic E-state index is 13.7. The van der Waals surface area contributed by atoms with Crippen LogP contribution in [-0.2, 0) is 17.8 Å². The zero-order valence-electron chi connectivity index (χ0n) is 24.7. The minimum Gasteiger partial charge on any atom is -0.444 e. The molecule has 3 aromatic rings. The number of carbonyl (C=O) groups is 2. The van der Waals surface area contributed by atoms with Crippen LogP contribution in [0.3, 0.4) is 0 Å². The Morgan fingerprint density at radius 2 is 1.71 bits per heavy atom. The number of benzene rings is 2. The number of ether oxygens (including phenoxy) is 1. The van der Waals surface area contributed by atoms with Gasteiger partial charge in [-0.15, -0.1) is 5.10 Å². The van der Waals surface area contributed by atoms with E-state index in [1.807, 2.05) is 74.7 Å². The van der Waals surface area contributed by atoms with Crippen LogP contribution in [0.25, 0.3) is 11.3 Å². The van der Waals surface area contributed by atoms with E-state index in [2.05, 4.69) is 10.3 Å². The zero-order chi connectivity index (χ0) is 29.9. The summed E-state index contributed by atoms with van der Waals surface area (Å²) in [4.78, 5) is 29.7. The molecule has 1 fully saturated rings. The van der Waals surface area contributed by atoms with Gasteiger partial charge in [0.05, 0.1) is 6.20 Å². The Hall–Kier alpha value is -3.10. The third-order valence-electron chi connectivity index (χ3n) is 7.24. The molecule has 1 aliphatic heterocycles. The van der Waals surface area contributed by atoms with Gasteiger partial charge in [0.1, 0.15) is 11.3 Å². The molecule has 1 unspecified atom stereocenters. The molecular weight excluding hydrogens is 561 g/mol. The first-order chi connectivity index (χ1) is 19.3. The number of rotatable bonds is 6. The average Bonchev–Trinajstić information content (AvgIpc) is 3.21. The van der Waals surface area contributed by atoms with Gasteiger partial charge in [0, 0.05) is 54.4 Å². The van der Waals surface area contributed by atoms with Gasteiger partial charge in [-0.1, -0.05) is 34.8 Å². The van der Waals surface area contributed by atoms with Crippen LogP contribution in [0.5, 0.6) is 0 Å². The molecule has 2 amide bonds. The van der Waals surface area contributed by atoms with E-state index in [4.69, 9.17) is 27.9 Å². The van der Waals surface area contributed by atoms with Gasteiger partial charge in [0.2, 0.25) is 0 Å². The molecule has 1 saturated heterocycles. The molecule has 0 bridgehead atoms. The molecule has 220 valence electrons. The van der Waals surface area contributed by atoms with Gasteiger partial charge in [0.25, 0.3) is 5.91 Å². The van der Waals surface area contributed by atoms with Gasteiger partial charge < -0.3 is 14.5 Å². The van der Waals surface area contributed by atoms with Gasteiger partial charge >= 0.3 is 6.09 Å². The van der Waals surface area contributed by atoms with Crippen LogP contribution in [-0.4, -0.2) is 62.5 Å². The lowest BCUT2D eigenvalue weighted by atomic mass is 9.98. The molecule has 4 rings (SSSR count). The predicted molar refractivity (Wildman–Crippen MR) is 162 cm³/mol. The lowest BCUT2D eigenvalue weighted by Crippen LogP contribution is -2.36. The molecule has 1 aromatic heterocycles. The second kappa shape index (κ2) is 12.8. The Morgan fingerprint density at radius 3 is 2.34 bits per heavy atom. The average molecular weight is 601 g/mol. The molecule has 2 aromatic carbocycles. The Bertz CT molecular complexity index is 1370. The zero-order valence-corrected chi connectivity index (χ0v) is 26.2. The molecule has 0 spiro atoms. The second-order valence-electron chi connectivity index (χ2n) is 12.0. The quantitative estimate of drug-likeness (QED) is 0.300. The van der Waals surface area contributed by atoms with Crippen LogP contribution in [0.15, 0.2) is 36.5 Å². The first-order valence-electron chi connectivity index (χ1n) is 14.0. The molecule has 0 saturated carbocycles. The summed E-state index contributed by atoms with van der Waals surface area (Å²) in [6, 6.07) is 9.20. The molecule has 1 atom stereocenters. The summed E-state index contributed by atoms with van der Waals surface area (Å²) in [5.74, 6) is 0.283. The van der Waals surface area contributed by atoms with Gasteiger partial charge in [0.15, 0.2) is 0 Å². The molecule has 0 radical (unpaired) electrons. The minimum atomic E-state index is -0.558. The van der Waals surface area contributed by atoms with Crippen molar-refractivity contribution in [3.8, 4) is 11.3 Å². The molecule has 0 aliphatic carbocycles. The number of aromatic nitrogens is 3. The van der Waals surface area contributed by atoms with Crippen molar-refractivity contribution in [2.45, 2.75) is 72.6 Å². The normalized spacial score (nSPS) is 15.9. The van der Waals surface area contributed by atoms with E-state index in [0.717, 1.165) is 48.1 Å². The van der Waals surface area contributed by atoms with Crippen LogP contribution in [0.1, 0.15) is 67.1 Å². The number of halogens is 2. The predicted octanol–water partition coefficient (Wildman–Crippen LogP) is 7.18. The van der Waals surface area contributed by atoms with E-state index in [9.17, 15) is 9.59 Å². The van der Waals surface area contributed by atoms with E-state index in [0.29, 0.717) is 40.9 Å². The SMILES string of the molecule is Cc1cc(C(=O)N2CCCCC(Cn3cc(-c4cc(Cl)cc(Cl)c4)nn3)C2)cc(C)c1CN(C)C(=O)OC(C)(C)C. The van der Waals surface area contributed by atoms with Gasteiger partial charge in [-0.05, 0) is 100 Å². The number of hydrogen-bond donors (Lipinski definition) is 0. The molecule has 2 heterocycles. The number of carbonyl (C=O) groups excluding carboxylic acids is 2. The topological polar surface area (TPSA) is 80.6 Å². The first-order valence-corrected chi connectivity index (χ1v) is 14.7. The molecular formula is C31H39Cl2N5O3. The number of likely N-dealkylation sites (tertiary alicyclic amines) is 1. The van der Waals surface area contributed by atoms with Crippen molar-refractivity contribution in [2.75, 3.05) is 20.1 Å². The summed E-state index contributed by atoms with van der Waals surface area (Å²) in [6.45, 7) is 12.0. The molecule has 0 N–H and O–H groups in total. The highest BCUT2D eigenvalue weighted by Crippen LogP contribution is 2.27. The van der Waals surface area contributed by atoms with Crippen LogP contribution in [0.2, 0.25) is 10.0 Å². The number of hydrogen-bond acceptors (Lipinski definition) is 5. The van der Waals surface area contributed by atoms with Gasteiger partial charge in [-0.2, -0.15) is 0 Å². The Labute approximate surface area is 252 Å². The highest BCUT2D eigenvalue weighted by Gasteiger charge is 2.26. The van der Waals surface area contributed by atoms with E-state index >= 15 is 0 Å². The van der Waals surface area contributed by atoms with Crippen molar-refractivity contribution in [1.29, 1.82) is 0 Å². The Balaban J connectivity index is 1.44. The number of amides is 2. The van der Waals surface area contributed by atoms with Crippen LogP contribution >= 0.6 is 23.2 Å². The summed E-state index contributed by atoms with van der Waals surface area (Å²) < 4.78 is 7.34. The standard InChI is InChI=1S/C31H39Cl2N5O3/c1-20-11-24(12-21(2)27(20)18-36(6)30(40)41-31(3,4)5)29(39)37-10-8-7-9-22(16-37)17-38-19-28(34-35-38)23-13-25(32)15-26(33)14-23/h11-15,19,22H,7-10,16-18H2,1-6H3. The summed E-state index contributed by atoms with van der Waals surface area (Å²) in [7, 11) is 1.73. The fourth-order valence-corrected chi connectivity index (χ4v) is 5.77. The molecule has 1 aliphatic rings. The Kier molecular flexibility index (Phi) is 9.65. The lowest BCUT2D eigenvalue weighted by Gasteiger charge is -2.27. The van der Waals surface area contributed by atoms with E-state index in [1.54, 1.807) is 18.0 Å². The summed E-state index contributed by atoms with van der Waals surface area (Å²) in [5, 5.41) is 9.75. The fraction of sp³-hybridized carbons (Fsp3) is 0.484. The van der Waals surface area contributed by atoms with E-state index in [-0.39, 0.29) is 17.9 Å². The smallest absolute Gasteiger partial charge is 0.410 e. The maximum Gasteiger partial charge on any atom is 0.410 e. The van der Waals surface area contributed by atoms with Crippen LogP contribution < -0.4 is 0 Å². The van der Waals surface area contributed by atoms with Crippen molar-refractivity contribution in [2.24, 2.45) is 5.92 Å². The second-order valence-corrected chi connectivity index (χ2v) is 12.9. The van der Waals surface area contributed by atoms with Crippen molar-refractivity contribution in [3.05, 3.63) is 68.8 Å². The maximum absolute atomic E-state index is 13.7. The van der Waals surface area contributed by atoms with E-state index < -0.39 is 5.60 Å². The third-order valence-corrected chi connectivity index (χ3v) is 7.68. The highest BCUT2D eigenvalue weighted by atomic mass is 35.5. The van der Waals surface area contributed by atoms with Crippen LogP contribution in [0, 0.1) is 19.8 Å². The summed E-state index contributed by atoms with van der Waals surface area (Å²) >= 11 is 12.3. The van der Waals surface area contributed by atoms with Gasteiger partial charge in [-0.3, -0.25) is 9.48 Å². The minimum absolute atomic E-state index is 0.0306. The number of nitrogens with zero attached hydrogens (tertiary/aromatic N) is 5. The van der Waals surface area contributed by atoms with Crippen molar-refractivity contribution in [1.82, 2.24) is 24.8 Å². The highest BCUT2D eigenvalue weighted by molar-refractivity contribution is 6.35. The number of aryl methyl sites for hydroxylation is 2. The van der Waals surface area contributed by atoms with Gasteiger partial charge in [-0.25, -0.2) is 4.79 Å². The van der Waals surface area contributed by atoms with Crippen LogP contribution in [0.4, 0.5) is 4.79 Å². The van der Waals surface area contributed by atoms with Crippen molar-refractivity contribution in [3.63, 3.8) is 0 Å². The van der Waals surface area contributed by atoms with E-state index in [1.165, 1.54) is 0 Å². The summed E-state index contributed by atoms with van der Waals surface area (Å²) in [5.41, 5.74) is 4.61. The van der Waals surface area contributed by atoms with Crippen molar-refractivity contribution < 1.29 is 14.3 Å². The summed E-state index contributed by atoms with van der Waals surface area (Å²) in [6.07, 6.45) is 4.55. The Morgan fingerprint density at radius 1 is 1.05 bits per heavy atom. The third kappa shape index (κ3) is 8.23. The monoisotopic (exact) mass is 599 g/mol. The largest absolute Gasteiger partial charge is 0.444 e.